The summed E-state index contributed by atoms with van der Waals surface area (Å²) in [6.07, 6.45) is 4.33. The van der Waals surface area contributed by atoms with Crippen LogP contribution in [0.15, 0.2) is 0 Å². The van der Waals surface area contributed by atoms with Crippen LogP contribution in [0.5, 0.6) is 0 Å². The van der Waals surface area contributed by atoms with Crippen LogP contribution in [0.25, 0.3) is 0 Å². The highest BCUT2D eigenvalue weighted by molar-refractivity contribution is 7.79. The second-order valence-electron chi connectivity index (χ2n) is 4.91. The van der Waals surface area contributed by atoms with Crippen LogP contribution in [-0.2, 0) is 20.0 Å². The van der Waals surface area contributed by atoms with Crippen molar-refractivity contribution < 1.29 is 37.3 Å². The molecule has 25 heavy (non-hydrogen) atoms. The molecule has 0 radical (unpaired) electrons. The fourth-order valence-corrected chi connectivity index (χ4v) is 1.26. The van der Waals surface area contributed by atoms with Gasteiger partial charge in [0.05, 0.1) is 0 Å². The van der Waals surface area contributed by atoms with Crippen molar-refractivity contribution in [1.82, 2.24) is 0 Å². The molecule has 0 fully saturated rings. The van der Waals surface area contributed by atoms with Crippen molar-refractivity contribution in [3.05, 3.63) is 0 Å². The topological polar surface area (TPSA) is 253 Å². The largest absolute Gasteiger partial charge is 0.480 e. The number of carboxylic acid groups (broad SMARTS) is 2. The minimum Gasteiger partial charge on any atom is -0.480 e. The molecule has 2 unspecified atom stereocenters. The molecule has 0 aliphatic heterocycles. The van der Waals surface area contributed by atoms with E-state index in [2.05, 4.69) is 0 Å². The molecule has 0 saturated heterocycles. The zero-order chi connectivity index (χ0) is 20.5. The summed E-state index contributed by atoms with van der Waals surface area (Å²) >= 11 is 0. The Labute approximate surface area is 147 Å². The number of carboxylic acids is 2. The Balaban J connectivity index is -0.000000308. The van der Waals surface area contributed by atoms with Gasteiger partial charge in [-0.1, -0.05) is 12.8 Å². The smallest absolute Gasteiger partial charge is 0.394 e. The first-order valence-electron chi connectivity index (χ1n) is 7.43. The zero-order valence-electron chi connectivity index (χ0n) is 14.0. The van der Waals surface area contributed by atoms with Crippen molar-refractivity contribution in [2.45, 2.75) is 50.6 Å². The molecular weight excluding hydrogens is 360 g/mol. The maximum absolute atomic E-state index is 10.1. The maximum Gasteiger partial charge on any atom is 0.394 e. The molecule has 0 amide bonds. The van der Waals surface area contributed by atoms with Crippen molar-refractivity contribution in [3.8, 4) is 0 Å². The van der Waals surface area contributed by atoms with E-state index in [9.17, 15) is 9.59 Å². The highest BCUT2D eigenvalue weighted by Crippen LogP contribution is 1.97. The van der Waals surface area contributed by atoms with Crippen LogP contribution in [-0.4, -0.2) is 64.8 Å². The Hall–Kier alpha value is -1.35. The van der Waals surface area contributed by atoms with Gasteiger partial charge >= 0.3 is 22.3 Å². The van der Waals surface area contributed by atoms with Crippen molar-refractivity contribution in [3.63, 3.8) is 0 Å². The average Bonchev–Trinajstić information content (AvgIpc) is 2.46. The lowest BCUT2D eigenvalue weighted by atomic mass is 10.1. The standard InChI is InChI=1S/2C6H14N2O2.H2O4S/c2*7-4-2-1-3-5(8)6(9)10;1-5(2,3)4/h2*5H,1-4,7-8H2,(H,9,10);(H2,1,2,3,4). The summed E-state index contributed by atoms with van der Waals surface area (Å²) < 4.78 is 31.6. The second-order valence-corrected chi connectivity index (χ2v) is 5.80. The molecule has 0 saturated carbocycles. The average molecular weight is 390 g/mol. The van der Waals surface area contributed by atoms with E-state index >= 15 is 0 Å². The van der Waals surface area contributed by atoms with Gasteiger partial charge in [-0.05, 0) is 38.8 Å². The molecule has 12 nitrogen and oxygen atoms in total. The number of nitrogens with two attached hydrogens (primary N) is 4. The molecule has 2 atom stereocenters. The van der Waals surface area contributed by atoms with E-state index in [4.69, 9.17) is 50.7 Å². The van der Waals surface area contributed by atoms with Crippen LogP contribution >= 0.6 is 0 Å². The number of hydrogen-bond donors (Lipinski definition) is 8. The third-order valence-corrected chi connectivity index (χ3v) is 2.57. The second kappa shape index (κ2) is 17.5. The molecule has 0 spiro atoms. The normalized spacial score (nSPS) is 12.7. The minimum atomic E-state index is -4.67. The minimum absolute atomic E-state index is 0.520. The fraction of sp³-hybridized carbons (Fsp3) is 0.833. The first-order valence-corrected chi connectivity index (χ1v) is 8.83. The molecule has 152 valence electrons. The van der Waals surface area contributed by atoms with Crippen molar-refractivity contribution in [1.29, 1.82) is 0 Å². The van der Waals surface area contributed by atoms with E-state index in [0.717, 1.165) is 25.7 Å². The summed E-state index contributed by atoms with van der Waals surface area (Å²) in [6.45, 7) is 1.21. The molecule has 0 bridgehead atoms. The summed E-state index contributed by atoms with van der Waals surface area (Å²) in [4.78, 5) is 20.3. The lowest BCUT2D eigenvalue weighted by Gasteiger charge is -2.03. The lowest BCUT2D eigenvalue weighted by molar-refractivity contribution is -0.139. The fourth-order valence-electron chi connectivity index (χ4n) is 1.26. The molecule has 13 heteroatoms. The maximum atomic E-state index is 10.1. The number of hydrogen-bond acceptors (Lipinski definition) is 8. The summed E-state index contributed by atoms with van der Waals surface area (Å²) in [5, 5.41) is 16.7. The van der Waals surface area contributed by atoms with Crippen LogP contribution < -0.4 is 22.9 Å². The van der Waals surface area contributed by atoms with Crippen molar-refractivity contribution in [2.75, 3.05) is 13.1 Å². The first-order chi connectivity index (χ1) is 11.4. The molecule has 0 rings (SSSR count). The van der Waals surface area contributed by atoms with E-state index in [-0.39, 0.29) is 0 Å². The highest BCUT2D eigenvalue weighted by atomic mass is 32.3. The number of carbonyl (C=O) groups is 2. The van der Waals surface area contributed by atoms with Crippen LogP contribution in [0.1, 0.15) is 38.5 Å². The van der Waals surface area contributed by atoms with Gasteiger partial charge in [-0.3, -0.25) is 18.7 Å². The highest BCUT2D eigenvalue weighted by Gasteiger charge is 2.09. The molecular formula is C12H30N4O8S. The molecule has 0 aliphatic rings. The van der Waals surface area contributed by atoms with Crippen LogP contribution in [0.4, 0.5) is 0 Å². The van der Waals surface area contributed by atoms with Gasteiger partial charge in [0.1, 0.15) is 12.1 Å². The van der Waals surface area contributed by atoms with Crippen LogP contribution in [0.3, 0.4) is 0 Å². The van der Waals surface area contributed by atoms with E-state index < -0.39 is 34.4 Å². The Morgan fingerprint density at radius 3 is 1.16 bits per heavy atom. The Bertz CT molecular complexity index is 412. The summed E-state index contributed by atoms with van der Waals surface area (Å²) in [7, 11) is -4.67. The van der Waals surface area contributed by atoms with Gasteiger partial charge < -0.3 is 33.1 Å². The number of unbranched alkanes of at least 4 members (excludes halogenated alkanes) is 2. The third-order valence-electron chi connectivity index (χ3n) is 2.57. The molecule has 0 aliphatic carbocycles. The predicted octanol–water partition coefficient (Wildman–Crippen LogP) is -1.60. The molecule has 12 N–H and O–H groups in total. The molecule has 0 heterocycles. The van der Waals surface area contributed by atoms with E-state index in [1.807, 2.05) is 0 Å². The van der Waals surface area contributed by atoms with Crippen molar-refractivity contribution >= 4 is 22.3 Å². The number of aliphatic carboxylic acids is 2. The van der Waals surface area contributed by atoms with E-state index in [1.54, 1.807) is 0 Å². The van der Waals surface area contributed by atoms with Crippen LogP contribution in [0.2, 0.25) is 0 Å². The van der Waals surface area contributed by atoms with Gasteiger partial charge in [0.25, 0.3) is 0 Å². The number of rotatable bonds is 10. The van der Waals surface area contributed by atoms with Gasteiger partial charge in [0.2, 0.25) is 0 Å². The summed E-state index contributed by atoms with van der Waals surface area (Å²) in [6, 6.07) is -1.43. The first kappa shape index (κ1) is 28.5. The Kier molecular flexibility index (Phi) is 19.9. The Morgan fingerprint density at radius 1 is 0.760 bits per heavy atom. The van der Waals surface area contributed by atoms with Gasteiger partial charge in [0.15, 0.2) is 0 Å². The monoisotopic (exact) mass is 390 g/mol. The molecule has 0 aromatic rings. The van der Waals surface area contributed by atoms with Gasteiger partial charge in [-0.15, -0.1) is 0 Å². The summed E-state index contributed by atoms with van der Waals surface area (Å²) in [5.41, 5.74) is 20.8. The quantitative estimate of drug-likeness (QED) is 0.155. The van der Waals surface area contributed by atoms with Gasteiger partial charge in [-0.2, -0.15) is 8.42 Å². The molecule has 0 aromatic heterocycles. The zero-order valence-corrected chi connectivity index (χ0v) is 14.8. The SMILES string of the molecule is NCCCCC(N)C(=O)O.NCCCCC(N)C(=O)O.O=S(=O)(O)O. The third kappa shape index (κ3) is 34.8. The van der Waals surface area contributed by atoms with Gasteiger partial charge in [-0.25, -0.2) is 0 Å². The lowest BCUT2D eigenvalue weighted by Crippen LogP contribution is -2.29. The molecule has 0 aromatic carbocycles. The predicted molar refractivity (Wildman–Crippen MR) is 91.2 cm³/mol. The van der Waals surface area contributed by atoms with E-state index in [1.165, 1.54) is 0 Å². The van der Waals surface area contributed by atoms with Gasteiger partial charge in [0, 0.05) is 0 Å². The van der Waals surface area contributed by atoms with Crippen molar-refractivity contribution in [2.24, 2.45) is 22.9 Å². The van der Waals surface area contributed by atoms with E-state index in [0.29, 0.717) is 25.9 Å². The van der Waals surface area contributed by atoms with Crippen LogP contribution in [0, 0.1) is 0 Å². The Morgan fingerprint density at radius 2 is 1.00 bits per heavy atom. The summed E-state index contributed by atoms with van der Waals surface area (Å²) in [5.74, 6) is -1.87.